The highest BCUT2D eigenvalue weighted by molar-refractivity contribution is 7.13. The van der Waals surface area contributed by atoms with Crippen molar-refractivity contribution in [1.29, 1.82) is 0 Å². The van der Waals surface area contributed by atoms with Crippen LogP contribution in [0.2, 0.25) is 0 Å². The van der Waals surface area contributed by atoms with Gasteiger partial charge in [-0.1, -0.05) is 30.3 Å². The van der Waals surface area contributed by atoms with Gasteiger partial charge in [0, 0.05) is 30.6 Å². The summed E-state index contributed by atoms with van der Waals surface area (Å²) in [4.78, 5) is 18.5. The van der Waals surface area contributed by atoms with Crippen LogP contribution in [-0.4, -0.2) is 52.8 Å². The molecule has 6 heteroatoms. The van der Waals surface area contributed by atoms with Crippen LogP contribution in [0.5, 0.6) is 0 Å². The van der Waals surface area contributed by atoms with Gasteiger partial charge in [-0.25, -0.2) is 4.98 Å². The second-order valence-electron chi connectivity index (χ2n) is 5.18. The number of aliphatic hydroxyl groups is 1. The third-order valence-corrected chi connectivity index (χ3v) is 4.54. The number of carbonyl (C=O) groups excluding carboxylic acids is 1. The summed E-state index contributed by atoms with van der Waals surface area (Å²) in [5.74, 6) is -0.153. The number of rotatable bonds is 4. The first-order chi connectivity index (χ1) is 10.7. The summed E-state index contributed by atoms with van der Waals surface area (Å²) in [6.45, 7) is 3.11. The molecule has 1 aromatic carbocycles. The summed E-state index contributed by atoms with van der Waals surface area (Å²) in [7, 11) is 0. The lowest BCUT2D eigenvalue weighted by Crippen LogP contribution is -2.30. The molecule has 2 unspecified atom stereocenters. The Labute approximate surface area is 133 Å². The zero-order chi connectivity index (χ0) is 15.5. The van der Waals surface area contributed by atoms with E-state index in [2.05, 4.69) is 4.98 Å². The number of likely N-dealkylation sites (tertiary alicyclic amines) is 1. The molecule has 0 saturated carbocycles. The Morgan fingerprint density at radius 3 is 2.91 bits per heavy atom. The molecular weight excluding hydrogens is 300 g/mol. The largest absolute Gasteiger partial charge is 0.388 e. The minimum atomic E-state index is -0.629. The predicted octanol–water partition coefficient (Wildman–Crippen LogP) is 2.03. The Morgan fingerprint density at radius 1 is 1.41 bits per heavy atom. The second kappa shape index (κ2) is 6.56. The molecule has 1 saturated heterocycles. The fraction of sp³-hybridized carbons (Fsp3) is 0.375. The lowest BCUT2D eigenvalue weighted by Gasteiger charge is -2.14. The number of aromatic nitrogens is 1. The summed E-state index contributed by atoms with van der Waals surface area (Å²) in [6, 6.07) is 9.78. The molecule has 1 aromatic heterocycles. The summed E-state index contributed by atoms with van der Waals surface area (Å²) in [5, 5.41) is 12.5. The number of carbonyl (C=O) groups is 1. The maximum atomic E-state index is 12.5. The van der Waals surface area contributed by atoms with Crippen LogP contribution < -0.4 is 0 Å². The van der Waals surface area contributed by atoms with Gasteiger partial charge in [0.1, 0.15) is 16.8 Å². The zero-order valence-electron chi connectivity index (χ0n) is 12.3. The monoisotopic (exact) mass is 318 g/mol. The lowest BCUT2D eigenvalue weighted by atomic mass is 10.2. The summed E-state index contributed by atoms with van der Waals surface area (Å²) in [6.07, 6.45) is -0.933. The number of benzene rings is 1. The van der Waals surface area contributed by atoms with Gasteiger partial charge in [-0.2, -0.15) is 0 Å². The molecule has 2 atom stereocenters. The van der Waals surface area contributed by atoms with Crippen LogP contribution in [0.25, 0.3) is 10.6 Å². The van der Waals surface area contributed by atoms with Crippen molar-refractivity contribution in [3.05, 3.63) is 41.4 Å². The fourth-order valence-electron chi connectivity index (χ4n) is 2.55. The van der Waals surface area contributed by atoms with Crippen LogP contribution in [0.15, 0.2) is 35.7 Å². The molecule has 1 fully saturated rings. The Balaban J connectivity index is 1.73. The third-order valence-electron chi connectivity index (χ3n) is 3.65. The van der Waals surface area contributed by atoms with E-state index in [0.717, 1.165) is 10.6 Å². The van der Waals surface area contributed by atoms with E-state index in [1.165, 1.54) is 11.3 Å². The summed E-state index contributed by atoms with van der Waals surface area (Å²) in [5.41, 5.74) is 1.42. The van der Waals surface area contributed by atoms with Crippen molar-refractivity contribution in [3.8, 4) is 10.6 Å². The van der Waals surface area contributed by atoms with E-state index in [1.807, 2.05) is 37.3 Å². The molecule has 116 valence electrons. The van der Waals surface area contributed by atoms with Crippen molar-refractivity contribution in [3.63, 3.8) is 0 Å². The van der Waals surface area contributed by atoms with Crippen LogP contribution >= 0.6 is 11.3 Å². The van der Waals surface area contributed by atoms with Gasteiger partial charge in [-0.3, -0.25) is 4.79 Å². The standard InChI is InChI=1S/C16H18N2O3S/c1-2-21-14-9-18(8-13(14)19)16(20)12-10-22-15(17-12)11-6-4-3-5-7-11/h3-7,10,13-14,19H,2,8-9H2,1H3. The van der Waals surface area contributed by atoms with Gasteiger partial charge in [-0.15, -0.1) is 11.3 Å². The van der Waals surface area contributed by atoms with E-state index in [-0.39, 0.29) is 12.0 Å². The van der Waals surface area contributed by atoms with E-state index < -0.39 is 6.10 Å². The quantitative estimate of drug-likeness (QED) is 0.937. The molecule has 0 radical (unpaired) electrons. The number of β-amino-alcohol motifs (C(OH)–C–C–N with tert-alkyl or cyclic N) is 1. The van der Waals surface area contributed by atoms with Crippen molar-refractivity contribution in [2.45, 2.75) is 19.1 Å². The average molecular weight is 318 g/mol. The maximum absolute atomic E-state index is 12.5. The highest BCUT2D eigenvalue weighted by atomic mass is 32.1. The van der Waals surface area contributed by atoms with Crippen molar-refractivity contribution in [1.82, 2.24) is 9.88 Å². The molecule has 1 aliphatic rings. The highest BCUT2D eigenvalue weighted by Crippen LogP contribution is 2.25. The molecule has 1 amide bonds. The molecule has 1 N–H and O–H groups in total. The number of nitrogens with zero attached hydrogens (tertiary/aromatic N) is 2. The van der Waals surface area contributed by atoms with Crippen molar-refractivity contribution in [2.24, 2.45) is 0 Å². The second-order valence-corrected chi connectivity index (χ2v) is 6.03. The number of hydrogen-bond donors (Lipinski definition) is 1. The molecule has 2 heterocycles. The van der Waals surface area contributed by atoms with Gasteiger partial charge in [0.05, 0.1) is 6.10 Å². The van der Waals surface area contributed by atoms with E-state index >= 15 is 0 Å². The molecule has 22 heavy (non-hydrogen) atoms. The minimum Gasteiger partial charge on any atom is -0.388 e. The van der Waals surface area contributed by atoms with Crippen LogP contribution in [0.4, 0.5) is 0 Å². The smallest absolute Gasteiger partial charge is 0.273 e. The van der Waals surface area contributed by atoms with Crippen LogP contribution in [0.3, 0.4) is 0 Å². The molecule has 5 nitrogen and oxygen atoms in total. The highest BCUT2D eigenvalue weighted by Gasteiger charge is 2.35. The number of amides is 1. The summed E-state index contributed by atoms with van der Waals surface area (Å²) >= 11 is 1.45. The van der Waals surface area contributed by atoms with Gasteiger partial charge in [0.15, 0.2) is 0 Å². The van der Waals surface area contributed by atoms with Gasteiger partial charge in [-0.05, 0) is 6.92 Å². The van der Waals surface area contributed by atoms with Gasteiger partial charge in [0.2, 0.25) is 0 Å². The van der Waals surface area contributed by atoms with Crippen molar-refractivity contribution >= 4 is 17.2 Å². The van der Waals surface area contributed by atoms with Gasteiger partial charge < -0.3 is 14.7 Å². The van der Waals surface area contributed by atoms with Crippen molar-refractivity contribution < 1.29 is 14.6 Å². The number of ether oxygens (including phenoxy) is 1. The lowest BCUT2D eigenvalue weighted by molar-refractivity contribution is -0.00237. The topological polar surface area (TPSA) is 62.7 Å². The first kappa shape index (κ1) is 15.1. The first-order valence-electron chi connectivity index (χ1n) is 7.29. The summed E-state index contributed by atoms with van der Waals surface area (Å²) < 4.78 is 5.44. The molecule has 0 bridgehead atoms. The molecule has 3 rings (SSSR count). The normalized spacial score (nSPS) is 21.3. The number of hydrogen-bond acceptors (Lipinski definition) is 5. The fourth-order valence-corrected chi connectivity index (χ4v) is 3.35. The zero-order valence-corrected chi connectivity index (χ0v) is 13.1. The number of thiazole rings is 1. The van der Waals surface area contributed by atoms with Crippen LogP contribution in [0.1, 0.15) is 17.4 Å². The van der Waals surface area contributed by atoms with Gasteiger partial charge in [0.25, 0.3) is 5.91 Å². The predicted molar refractivity (Wildman–Crippen MR) is 84.9 cm³/mol. The maximum Gasteiger partial charge on any atom is 0.273 e. The molecule has 0 spiro atoms. The average Bonchev–Trinajstić information content (AvgIpc) is 3.16. The minimum absolute atomic E-state index is 0.153. The van der Waals surface area contributed by atoms with E-state index in [4.69, 9.17) is 4.74 Å². The Morgan fingerprint density at radius 2 is 2.18 bits per heavy atom. The molecule has 2 aromatic rings. The van der Waals surface area contributed by atoms with E-state index in [1.54, 1.807) is 10.3 Å². The van der Waals surface area contributed by atoms with Crippen LogP contribution in [0, 0.1) is 0 Å². The first-order valence-corrected chi connectivity index (χ1v) is 8.17. The Bertz CT molecular complexity index is 644. The van der Waals surface area contributed by atoms with E-state index in [0.29, 0.717) is 25.4 Å². The third kappa shape index (κ3) is 3.04. The molecule has 0 aliphatic carbocycles. The van der Waals surface area contributed by atoms with E-state index in [9.17, 15) is 9.90 Å². The van der Waals surface area contributed by atoms with Crippen molar-refractivity contribution in [2.75, 3.05) is 19.7 Å². The molecular formula is C16H18N2O3S. The SMILES string of the molecule is CCOC1CN(C(=O)c2csc(-c3ccccc3)n2)CC1O. The number of aliphatic hydroxyl groups excluding tert-OH is 1. The van der Waals surface area contributed by atoms with Gasteiger partial charge >= 0.3 is 0 Å². The molecule has 1 aliphatic heterocycles. The van der Waals surface area contributed by atoms with Crippen LogP contribution in [-0.2, 0) is 4.74 Å². The Kier molecular flexibility index (Phi) is 4.52. The Hall–Kier alpha value is -1.76.